The molecule has 1 atom stereocenters. The van der Waals surface area contributed by atoms with Gasteiger partial charge >= 0.3 is 18.0 Å². The van der Waals surface area contributed by atoms with E-state index in [0.29, 0.717) is 11.3 Å². The zero-order valence-electron chi connectivity index (χ0n) is 21.9. The lowest BCUT2D eigenvalue weighted by Crippen LogP contribution is -2.59. The SMILES string of the molecule is CC(C)(C)OC(=O)C(=O)N[C@H]1Cc2ccccc2N(NC(=O)OCC2c3ccccc3-c3ccccc32)C1=O. The summed E-state index contributed by atoms with van der Waals surface area (Å²) in [5, 5.41) is 3.49. The van der Waals surface area contributed by atoms with Gasteiger partial charge in [0, 0.05) is 12.3 Å². The predicted molar refractivity (Wildman–Crippen MR) is 144 cm³/mol. The number of rotatable bonds is 4. The Balaban J connectivity index is 1.29. The van der Waals surface area contributed by atoms with Crippen molar-refractivity contribution in [2.24, 2.45) is 0 Å². The van der Waals surface area contributed by atoms with Crippen LogP contribution < -0.4 is 15.8 Å². The summed E-state index contributed by atoms with van der Waals surface area (Å²) in [6, 6.07) is 21.9. The minimum absolute atomic E-state index is 0.0718. The molecular weight excluding hydrogens is 498 g/mol. The van der Waals surface area contributed by atoms with Crippen molar-refractivity contribution in [3.8, 4) is 11.1 Å². The van der Waals surface area contributed by atoms with Crippen LogP contribution in [0.4, 0.5) is 10.5 Å². The van der Waals surface area contributed by atoms with E-state index in [1.165, 1.54) is 0 Å². The van der Waals surface area contributed by atoms with Crippen molar-refractivity contribution < 1.29 is 28.7 Å². The van der Waals surface area contributed by atoms with E-state index in [9.17, 15) is 19.2 Å². The molecule has 0 bridgehead atoms. The molecule has 0 radical (unpaired) electrons. The van der Waals surface area contributed by atoms with Gasteiger partial charge in [-0.05, 0) is 54.7 Å². The molecule has 2 aliphatic rings. The van der Waals surface area contributed by atoms with Gasteiger partial charge in [0.2, 0.25) is 0 Å². The quantitative estimate of drug-likeness (QED) is 0.394. The second-order valence-electron chi connectivity index (χ2n) is 10.5. The second kappa shape index (κ2) is 10.2. The summed E-state index contributed by atoms with van der Waals surface area (Å²) in [5.41, 5.74) is 7.15. The van der Waals surface area contributed by atoms with E-state index in [-0.39, 0.29) is 18.9 Å². The van der Waals surface area contributed by atoms with Crippen LogP contribution in [0.3, 0.4) is 0 Å². The van der Waals surface area contributed by atoms with Crippen molar-refractivity contribution in [2.45, 2.75) is 44.8 Å². The highest BCUT2D eigenvalue weighted by molar-refractivity contribution is 6.33. The Bertz CT molecular complexity index is 1420. The van der Waals surface area contributed by atoms with E-state index in [1.54, 1.807) is 45.0 Å². The second-order valence-corrected chi connectivity index (χ2v) is 10.5. The van der Waals surface area contributed by atoms with Gasteiger partial charge in [-0.25, -0.2) is 20.0 Å². The molecule has 3 aromatic carbocycles. The summed E-state index contributed by atoms with van der Waals surface area (Å²) in [6.45, 7) is 4.99. The van der Waals surface area contributed by atoms with Crippen LogP contribution in [0.5, 0.6) is 0 Å². The smallest absolute Gasteiger partial charge is 0.426 e. The lowest BCUT2D eigenvalue weighted by atomic mass is 9.98. The first-order valence-electron chi connectivity index (χ1n) is 12.7. The highest BCUT2D eigenvalue weighted by Crippen LogP contribution is 2.44. The van der Waals surface area contributed by atoms with Gasteiger partial charge in [-0.15, -0.1) is 0 Å². The lowest BCUT2D eigenvalue weighted by Gasteiger charge is -2.34. The number of hydrogen-bond acceptors (Lipinski definition) is 6. The number of benzene rings is 3. The topological polar surface area (TPSA) is 114 Å². The Labute approximate surface area is 226 Å². The van der Waals surface area contributed by atoms with Crippen molar-refractivity contribution in [1.82, 2.24) is 10.7 Å². The molecule has 3 amide bonds. The van der Waals surface area contributed by atoms with Gasteiger partial charge in [0.05, 0.1) is 5.69 Å². The van der Waals surface area contributed by atoms with Crippen molar-refractivity contribution in [3.05, 3.63) is 89.5 Å². The Kier molecular flexibility index (Phi) is 6.82. The number of fused-ring (bicyclic) bond motifs is 4. The molecule has 0 fully saturated rings. The third kappa shape index (κ3) is 5.34. The molecule has 0 unspecified atom stereocenters. The number of esters is 1. The largest absolute Gasteiger partial charge is 0.453 e. The molecule has 0 saturated carbocycles. The van der Waals surface area contributed by atoms with Gasteiger partial charge < -0.3 is 14.8 Å². The first kappa shape index (κ1) is 26.0. The van der Waals surface area contributed by atoms with Crippen LogP contribution >= 0.6 is 0 Å². The van der Waals surface area contributed by atoms with Gasteiger partial charge in [-0.1, -0.05) is 66.7 Å². The van der Waals surface area contributed by atoms with Crippen LogP contribution in [0.15, 0.2) is 72.8 Å². The van der Waals surface area contributed by atoms with Gasteiger partial charge in [0.25, 0.3) is 5.91 Å². The summed E-state index contributed by atoms with van der Waals surface area (Å²) >= 11 is 0. The number of carbonyl (C=O) groups is 4. The maximum absolute atomic E-state index is 13.3. The van der Waals surface area contributed by atoms with E-state index < -0.39 is 35.5 Å². The summed E-state index contributed by atoms with van der Waals surface area (Å²) < 4.78 is 10.7. The molecule has 5 rings (SSSR count). The van der Waals surface area contributed by atoms with Crippen LogP contribution in [0.2, 0.25) is 0 Å². The number of hydrazine groups is 1. The molecule has 9 nitrogen and oxygen atoms in total. The van der Waals surface area contributed by atoms with Crippen LogP contribution in [-0.4, -0.2) is 42.1 Å². The van der Waals surface area contributed by atoms with Gasteiger partial charge in [0.15, 0.2) is 0 Å². The molecule has 9 heteroatoms. The van der Waals surface area contributed by atoms with Gasteiger partial charge in [-0.2, -0.15) is 0 Å². The average Bonchev–Trinajstić information content (AvgIpc) is 3.22. The predicted octanol–water partition coefficient (Wildman–Crippen LogP) is 3.86. The molecular formula is C30H29N3O6. The molecule has 1 aliphatic heterocycles. The summed E-state index contributed by atoms with van der Waals surface area (Å²) in [6.07, 6.45) is -0.675. The molecule has 1 aliphatic carbocycles. The number of para-hydroxylation sites is 1. The van der Waals surface area contributed by atoms with Gasteiger partial charge in [-0.3, -0.25) is 9.59 Å². The standard InChI is InChI=1S/C30H29N3O6/c1-30(2,3)39-28(36)26(34)31-24-16-18-10-4-9-15-25(18)33(27(24)35)32-29(37)38-17-23-21-13-7-5-11-19(21)20-12-6-8-14-22(20)23/h4-15,23-24H,16-17H2,1-3H3,(H,31,34)(H,32,37)/t24-/m0/s1. The highest BCUT2D eigenvalue weighted by Gasteiger charge is 2.37. The number of nitrogens with zero attached hydrogens (tertiary/aromatic N) is 1. The molecule has 0 aromatic heterocycles. The minimum Gasteiger partial charge on any atom is -0.453 e. The molecule has 2 N–H and O–H groups in total. The number of anilines is 1. The number of carbonyl (C=O) groups excluding carboxylic acids is 4. The van der Waals surface area contributed by atoms with Crippen molar-refractivity contribution in [1.29, 1.82) is 0 Å². The third-order valence-corrected chi connectivity index (χ3v) is 6.61. The van der Waals surface area contributed by atoms with Crippen molar-refractivity contribution in [2.75, 3.05) is 11.6 Å². The Morgan fingerprint density at radius 2 is 1.49 bits per heavy atom. The van der Waals surface area contributed by atoms with Crippen LogP contribution in [0.1, 0.15) is 43.4 Å². The summed E-state index contributed by atoms with van der Waals surface area (Å²) in [4.78, 5) is 50.9. The Morgan fingerprint density at radius 1 is 0.897 bits per heavy atom. The van der Waals surface area contributed by atoms with Gasteiger partial charge in [0.1, 0.15) is 18.2 Å². The molecule has 0 saturated heterocycles. The maximum Gasteiger partial charge on any atom is 0.426 e. The fourth-order valence-corrected chi connectivity index (χ4v) is 4.98. The fourth-order valence-electron chi connectivity index (χ4n) is 4.98. The number of ether oxygens (including phenoxy) is 2. The maximum atomic E-state index is 13.3. The zero-order chi connectivity index (χ0) is 27.7. The third-order valence-electron chi connectivity index (χ3n) is 6.61. The van der Waals surface area contributed by atoms with E-state index in [2.05, 4.69) is 10.7 Å². The summed E-state index contributed by atoms with van der Waals surface area (Å²) in [7, 11) is 0. The first-order chi connectivity index (χ1) is 18.6. The van der Waals surface area contributed by atoms with E-state index in [0.717, 1.165) is 27.3 Å². The Morgan fingerprint density at radius 3 is 2.13 bits per heavy atom. The zero-order valence-corrected chi connectivity index (χ0v) is 21.9. The van der Waals surface area contributed by atoms with E-state index in [1.807, 2.05) is 48.5 Å². The highest BCUT2D eigenvalue weighted by atomic mass is 16.6. The monoisotopic (exact) mass is 527 g/mol. The normalized spacial score (nSPS) is 16.0. The van der Waals surface area contributed by atoms with Crippen LogP contribution in [0, 0.1) is 0 Å². The van der Waals surface area contributed by atoms with E-state index >= 15 is 0 Å². The van der Waals surface area contributed by atoms with Crippen molar-refractivity contribution in [3.63, 3.8) is 0 Å². The van der Waals surface area contributed by atoms with Crippen molar-refractivity contribution >= 4 is 29.6 Å². The number of amides is 3. The molecule has 1 heterocycles. The first-order valence-corrected chi connectivity index (χ1v) is 12.7. The lowest BCUT2D eigenvalue weighted by molar-refractivity contribution is -0.163. The molecule has 200 valence electrons. The summed E-state index contributed by atoms with van der Waals surface area (Å²) in [5.74, 6) is -2.89. The fraction of sp³-hybridized carbons (Fsp3) is 0.267. The molecule has 39 heavy (non-hydrogen) atoms. The Hall–Kier alpha value is -4.66. The van der Waals surface area contributed by atoms with Crippen LogP contribution in [0.25, 0.3) is 11.1 Å². The van der Waals surface area contributed by atoms with Crippen LogP contribution in [-0.2, 0) is 30.3 Å². The minimum atomic E-state index is -1.09. The average molecular weight is 528 g/mol. The number of hydrogen-bond donors (Lipinski definition) is 2. The van der Waals surface area contributed by atoms with E-state index in [4.69, 9.17) is 9.47 Å². The molecule has 0 spiro atoms. The molecule has 3 aromatic rings. The number of nitrogens with one attached hydrogen (secondary N) is 2.